The first-order chi connectivity index (χ1) is 10.8. The Kier molecular flexibility index (Phi) is 4.62. The quantitative estimate of drug-likeness (QED) is 0.873. The molecule has 2 N–H and O–H groups in total. The van der Waals surface area contributed by atoms with Gasteiger partial charge in [0.1, 0.15) is 10.6 Å². The van der Waals surface area contributed by atoms with Crippen LogP contribution in [0.5, 0.6) is 0 Å². The molecule has 0 atom stereocenters. The second-order valence-corrected chi connectivity index (χ2v) is 9.08. The first-order valence-corrected chi connectivity index (χ1v) is 9.92. The fourth-order valence-electron chi connectivity index (χ4n) is 3.56. The van der Waals surface area contributed by atoms with Crippen molar-refractivity contribution in [2.75, 3.05) is 26.0 Å². The summed E-state index contributed by atoms with van der Waals surface area (Å²) < 4.78 is 28.0. The Morgan fingerprint density at radius 3 is 2.65 bits per heavy atom. The standard InChI is InChI=1S/C16H24ClN3O2S/c1-20(2)10-7-12-5-8-16(9-6-12)18-14-11-13(17)3-4-15(14)23(21,22)19-16/h3-4,11-12,18-19H,5-10H2,1-2H3. The number of fused-ring (bicyclic) bond motifs is 1. The monoisotopic (exact) mass is 357 g/mol. The Morgan fingerprint density at radius 2 is 2.00 bits per heavy atom. The van der Waals surface area contributed by atoms with Crippen LogP contribution in [0, 0.1) is 5.92 Å². The molecule has 0 radical (unpaired) electrons. The molecule has 3 rings (SSSR count). The zero-order valence-corrected chi connectivity index (χ0v) is 15.2. The van der Waals surface area contributed by atoms with Gasteiger partial charge in [-0.25, -0.2) is 8.42 Å². The third-order valence-electron chi connectivity index (χ3n) is 4.88. The van der Waals surface area contributed by atoms with E-state index in [-0.39, 0.29) is 4.90 Å². The van der Waals surface area contributed by atoms with Crippen LogP contribution in [-0.4, -0.2) is 39.6 Å². The molecule has 5 nitrogen and oxygen atoms in total. The van der Waals surface area contributed by atoms with E-state index in [1.54, 1.807) is 18.2 Å². The minimum atomic E-state index is -3.49. The predicted octanol–water partition coefficient (Wildman–Crippen LogP) is 2.88. The molecule has 1 aromatic rings. The summed E-state index contributed by atoms with van der Waals surface area (Å²) in [5.74, 6) is 0.662. The highest BCUT2D eigenvalue weighted by atomic mass is 35.5. The average molecular weight is 358 g/mol. The van der Waals surface area contributed by atoms with Crippen molar-refractivity contribution in [3.63, 3.8) is 0 Å². The van der Waals surface area contributed by atoms with E-state index < -0.39 is 15.7 Å². The fraction of sp³-hybridized carbons (Fsp3) is 0.625. The number of hydrogen-bond acceptors (Lipinski definition) is 4. The highest BCUT2D eigenvalue weighted by Gasteiger charge is 2.43. The van der Waals surface area contributed by atoms with Crippen LogP contribution in [0.4, 0.5) is 5.69 Å². The van der Waals surface area contributed by atoms with E-state index in [2.05, 4.69) is 29.0 Å². The molecule has 2 aliphatic rings. The number of nitrogens with one attached hydrogen (secondary N) is 2. The largest absolute Gasteiger partial charge is 0.365 e. The van der Waals surface area contributed by atoms with Crippen molar-refractivity contribution in [3.8, 4) is 0 Å². The van der Waals surface area contributed by atoms with Gasteiger partial charge in [-0.05, 0) is 76.9 Å². The molecule has 1 aliphatic heterocycles. The lowest BCUT2D eigenvalue weighted by Gasteiger charge is -2.44. The Morgan fingerprint density at radius 1 is 1.30 bits per heavy atom. The van der Waals surface area contributed by atoms with E-state index in [4.69, 9.17) is 11.6 Å². The minimum absolute atomic E-state index is 0.280. The number of rotatable bonds is 3. The molecule has 0 amide bonds. The molecule has 128 valence electrons. The molecule has 1 fully saturated rings. The van der Waals surface area contributed by atoms with Crippen molar-refractivity contribution >= 4 is 27.3 Å². The molecular weight excluding hydrogens is 334 g/mol. The first kappa shape index (κ1) is 17.0. The van der Waals surface area contributed by atoms with Crippen molar-refractivity contribution in [1.82, 2.24) is 9.62 Å². The van der Waals surface area contributed by atoms with Crippen LogP contribution in [0.1, 0.15) is 32.1 Å². The SMILES string of the molecule is CN(C)CCC1CCC2(CC1)Nc1cc(Cl)ccc1S(=O)(=O)N2. The van der Waals surface area contributed by atoms with Crippen molar-refractivity contribution < 1.29 is 8.42 Å². The topological polar surface area (TPSA) is 61.4 Å². The summed E-state index contributed by atoms with van der Waals surface area (Å²) in [7, 11) is 0.681. The molecular formula is C16H24ClN3O2S. The maximum Gasteiger partial charge on any atom is 0.244 e. The third kappa shape index (κ3) is 3.65. The average Bonchev–Trinajstić information content (AvgIpc) is 2.45. The van der Waals surface area contributed by atoms with E-state index in [1.807, 2.05) is 0 Å². The molecule has 23 heavy (non-hydrogen) atoms. The van der Waals surface area contributed by atoms with Crippen molar-refractivity contribution in [1.29, 1.82) is 0 Å². The first-order valence-electron chi connectivity index (χ1n) is 8.06. The van der Waals surface area contributed by atoms with Gasteiger partial charge in [-0.1, -0.05) is 11.6 Å². The number of benzene rings is 1. The van der Waals surface area contributed by atoms with Crippen LogP contribution in [0.15, 0.2) is 23.1 Å². The van der Waals surface area contributed by atoms with Gasteiger partial charge in [0, 0.05) is 5.02 Å². The van der Waals surface area contributed by atoms with E-state index >= 15 is 0 Å². The number of anilines is 1. The maximum atomic E-state index is 12.6. The molecule has 0 unspecified atom stereocenters. The third-order valence-corrected chi connectivity index (χ3v) is 6.71. The Balaban J connectivity index is 1.76. The number of hydrogen-bond donors (Lipinski definition) is 2. The second kappa shape index (κ2) is 6.24. The lowest BCUT2D eigenvalue weighted by atomic mass is 9.80. The van der Waals surface area contributed by atoms with Crippen LogP contribution >= 0.6 is 11.6 Å². The summed E-state index contributed by atoms with van der Waals surface area (Å²) in [6, 6.07) is 4.87. The van der Waals surface area contributed by atoms with Crippen molar-refractivity contribution in [2.45, 2.75) is 42.7 Å². The van der Waals surface area contributed by atoms with Gasteiger partial charge in [0.2, 0.25) is 10.0 Å². The molecule has 0 saturated heterocycles. The fourth-order valence-corrected chi connectivity index (χ4v) is 5.25. The summed E-state index contributed by atoms with van der Waals surface area (Å²) in [5, 5.41) is 3.95. The molecule has 1 aliphatic carbocycles. The highest BCUT2D eigenvalue weighted by Crippen LogP contribution is 2.40. The smallest absolute Gasteiger partial charge is 0.244 e. The van der Waals surface area contributed by atoms with Gasteiger partial charge in [0.05, 0.1) is 5.69 Å². The summed E-state index contributed by atoms with van der Waals surface area (Å²) in [6.07, 6.45) is 4.82. The number of sulfonamides is 1. The van der Waals surface area contributed by atoms with E-state index in [0.29, 0.717) is 16.6 Å². The molecule has 1 saturated carbocycles. The maximum absolute atomic E-state index is 12.6. The molecule has 0 bridgehead atoms. The summed E-state index contributed by atoms with van der Waals surface area (Å²) in [6.45, 7) is 1.08. The minimum Gasteiger partial charge on any atom is -0.365 e. The summed E-state index contributed by atoms with van der Waals surface area (Å²) >= 11 is 6.03. The van der Waals surface area contributed by atoms with Gasteiger partial charge in [-0.2, -0.15) is 4.72 Å². The van der Waals surface area contributed by atoms with Gasteiger partial charge in [-0.3, -0.25) is 0 Å². The lowest BCUT2D eigenvalue weighted by Crippen LogP contribution is -2.58. The van der Waals surface area contributed by atoms with Crippen LogP contribution in [0.3, 0.4) is 0 Å². The van der Waals surface area contributed by atoms with E-state index in [0.717, 1.165) is 38.6 Å². The predicted molar refractivity (Wildman–Crippen MR) is 93.3 cm³/mol. The molecule has 7 heteroatoms. The summed E-state index contributed by atoms with van der Waals surface area (Å²) in [5.41, 5.74) is 0.0495. The highest BCUT2D eigenvalue weighted by molar-refractivity contribution is 7.89. The van der Waals surface area contributed by atoms with Crippen LogP contribution in [0.25, 0.3) is 0 Å². The Hall–Kier alpha value is -0.820. The van der Waals surface area contributed by atoms with Gasteiger partial charge in [0.15, 0.2) is 0 Å². The lowest BCUT2D eigenvalue weighted by molar-refractivity contribution is 0.216. The van der Waals surface area contributed by atoms with E-state index in [1.165, 1.54) is 0 Å². The second-order valence-electron chi connectivity index (χ2n) is 6.99. The zero-order chi connectivity index (χ0) is 16.7. The Labute approximate surface area is 143 Å². The van der Waals surface area contributed by atoms with Crippen molar-refractivity contribution in [3.05, 3.63) is 23.2 Å². The molecule has 1 heterocycles. The molecule has 0 aromatic heterocycles. The van der Waals surface area contributed by atoms with Crippen LogP contribution in [-0.2, 0) is 10.0 Å². The number of nitrogens with zero attached hydrogens (tertiary/aromatic N) is 1. The van der Waals surface area contributed by atoms with Crippen LogP contribution in [0.2, 0.25) is 5.02 Å². The van der Waals surface area contributed by atoms with Gasteiger partial charge < -0.3 is 10.2 Å². The number of halogens is 1. The molecule has 1 aromatic carbocycles. The zero-order valence-electron chi connectivity index (χ0n) is 13.6. The van der Waals surface area contributed by atoms with Crippen LogP contribution < -0.4 is 10.0 Å². The van der Waals surface area contributed by atoms with Gasteiger partial charge in [0.25, 0.3) is 0 Å². The van der Waals surface area contributed by atoms with Gasteiger partial charge >= 0.3 is 0 Å². The van der Waals surface area contributed by atoms with Gasteiger partial charge in [-0.15, -0.1) is 0 Å². The van der Waals surface area contributed by atoms with Crippen molar-refractivity contribution in [2.24, 2.45) is 5.92 Å². The normalized spacial score (nSPS) is 29.3. The molecule has 1 spiro atoms. The summed E-state index contributed by atoms with van der Waals surface area (Å²) in [4.78, 5) is 2.48. The van der Waals surface area contributed by atoms with E-state index in [9.17, 15) is 8.42 Å². The Bertz CT molecular complexity index is 683.